The number of hydrogen-bond donors (Lipinski definition) is 1. The van der Waals surface area contributed by atoms with Crippen LogP contribution < -0.4 is 0 Å². The summed E-state index contributed by atoms with van der Waals surface area (Å²) in [5, 5.41) is 18.1. The summed E-state index contributed by atoms with van der Waals surface area (Å²) in [7, 11) is 1.83. The second kappa shape index (κ2) is 6.69. The number of β-amino-alcohol motifs (C(OH)–C–C–N with tert-alkyl or cyclic N) is 1. The van der Waals surface area contributed by atoms with Crippen molar-refractivity contribution in [2.24, 2.45) is 7.05 Å². The highest BCUT2D eigenvalue weighted by Gasteiger charge is 2.27. The summed E-state index contributed by atoms with van der Waals surface area (Å²) in [6, 6.07) is 3.08. The summed E-state index contributed by atoms with van der Waals surface area (Å²) in [6.07, 6.45) is 0.221. The third-order valence-corrected chi connectivity index (χ3v) is 3.93. The minimum absolute atomic E-state index is 0.0355. The van der Waals surface area contributed by atoms with Crippen molar-refractivity contribution < 1.29 is 18.6 Å². The van der Waals surface area contributed by atoms with Gasteiger partial charge >= 0.3 is 0 Å². The molecule has 2 atom stereocenters. The van der Waals surface area contributed by atoms with Crippen molar-refractivity contribution >= 4 is 0 Å². The third-order valence-electron chi connectivity index (χ3n) is 3.93. The van der Waals surface area contributed by atoms with E-state index in [1.807, 2.05) is 11.9 Å². The van der Waals surface area contributed by atoms with Crippen LogP contribution in [0, 0.1) is 11.6 Å². The monoisotopic (exact) mass is 324 g/mol. The first-order chi connectivity index (χ1) is 11.0. The van der Waals surface area contributed by atoms with Gasteiger partial charge in [0.1, 0.15) is 24.1 Å². The number of aromatic nitrogens is 3. The van der Waals surface area contributed by atoms with Crippen LogP contribution in [0.25, 0.3) is 0 Å². The maximum atomic E-state index is 13.7. The van der Waals surface area contributed by atoms with Gasteiger partial charge in [-0.2, -0.15) is 0 Å². The van der Waals surface area contributed by atoms with Gasteiger partial charge in [-0.3, -0.25) is 4.90 Å². The van der Waals surface area contributed by atoms with Gasteiger partial charge in [0.15, 0.2) is 5.82 Å². The smallest absolute Gasteiger partial charge is 0.163 e. The number of hydrogen-bond acceptors (Lipinski definition) is 5. The minimum atomic E-state index is -1.11. The Morgan fingerprint density at radius 3 is 3.00 bits per heavy atom. The molecule has 23 heavy (non-hydrogen) atoms. The molecule has 2 unspecified atom stereocenters. The molecule has 0 spiro atoms. The second-order valence-corrected chi connectivity index (χ2v) is 5.60. The molecule has 6 nitrogen and oxygen atoms in total. The first-order valence-corrected chi connectivity index (χ1v) is 7.35. The summed E-state index contributed by atoms with van der Waals surface area (Å²) >= 11 is 0. The highest BCUT2D eigenvalue weighted by atomic mass is 19.1. The Morgan fingerprint density at radius 2 is 2.26 bits per heavy atom. The van der Waals surface area contributed by atoms with Crippen LogP contribution in [0.3, 0.4) is 0 Å². The van der Waals surface area contributed by atoms with Crippen molar-refractivity contribution in [3.05, 3.63) is 47.5 Å². The molecule has 0 amide bonds. The van der Waals surface area contributed by atoms with Gasteiger partial charge in [0.05, 0.1) is 12.7 Å². The number of aryl methyl sites for hydroxylation is 1. The molecule has 1 N–H and O–H groups in total. The molecule has 1 aromatic carbocycles. The first-order valence-electron chi connectivity index (χ1n) is 7.35. The lowest BCUT2D eigenvalue weighted by Gasteiger charge is -2.33. The maximum Gasteiger partial charge on any atom is 0.163 e. The van der Waals surface area contributed by atoms with E-state index in [1.165, 1.54) is 0 Å². The molecule has 1 aromatic heterocycles. The summed E-state index contributed by atoms with van der Waals surface area (Å²) in [5.41, 5.74) is -0.0355. The molecule has 2 heterocycles. The van der Waals surface area contributed by atoms with Crippen molar-refractivity contribution in [2.45, 2.75) is 12.2 Å². The number of morpholine rings is 1. The molecule has 2 aromatic rings. The molecule has 0 radical (unpaired) electrons. The Bertz CT molecular complexity index is 679. The van der Waals surface area contributed by atoms with Gasteiger partial charge < -0.3 is 14.4 Å². The van der Waals surface area contributed by atoms with Crippen molar-refractivity contribution in [3.63, 3.8) is 0 Å². The Kier molecular flexibility index (Phi) is 4.65. The number of halogens is 2. The van der Waals surface area contributed by atoms with E-state index < -0.39 is 17.7 Å². The average molecular weight is 324 g/mol. The number of nitrogens with zero attached hydrogens (tertiary/aromatic N) is 4. The zero-order valence-electron chi connectivity index (χ0n) is 12.7. The van der Waals surface area contributed by atoms with E-state index in [0.29, 0.717) is 25.5 Å². The fourth-order valence-corrected chi connectivity index (χ4v) is 2.72. The van der Waals surface area contributed by atoms with Crippen molar-refractivity contribution in [2.75, 3.05) is 26.2 Å². The van der Waals surface area contributed by atoms with E-state index in [4.69, 9.17) is 4.74 Å². The van der Waals surface area contributed by atoms with E-state index in [2.05, 4.69) is 10.2 Å². The van der Waals surface area contributed by atoms with Gasteiger partial charge in [0, 0.05) is 32.2 Å². The van der Waals surface area contributed by atoms with Gasteiger partial charge in [-0.15, -0.1) is 10.2 Å². The Hall–Kier alpha value is -1.90. The normalized spacial score (nSPS) is 20.6. The van der Waals surface area contributed by atoms with E-state index in [1.54, 1.807) is 10.9 Å². The van der Waals surface area contributed by atoms with Crippen LogP contribution in [0.5, 0.6) is 0 Å². The van der Waals surface area contributed by atoms with Crippen molar-refractivity contribution in [1.29, 1.82) is 0 Å². The van der Waals surface area contributed by atoms with Crippen LogP contribution in [0.1, 0.15) is 23.6 Å². The van der Waals surface area contributed by atoms with Crippen molar-refractivity contribution in [1.82, 2.24) is 19.7 Å². The van der Waals surface area contributed by atoms with Crippen LogP contribution in [0.15, 0.2) is 24.5 Å². The standard InChI is InChI=1S/C15H18F2N4O2/c1-20-9-18-19-15(20)14-8-21(4-5-23-14)7-13(22)11-6-10(16)2-3-12(11)17/h2-3,6,9,13-14,22H,4-5,7-8H2,1H3. The van der Waals surface area contributed by atoms with E-state index >= 15 is 0 Å². The van der Waals surface area contributed by atoms with Crippen LogP contribution in [0.2, 0.25) is 0 Å². The molecule has 8 heteroatoms. The zero-order chi connectivity index (χ0) is 16.4. The lowest BCUT2D eigenvalue weighted by atomic mass is 10.1. The molecular formula is C15H18F2N4O2. The summed E-state index contributed by atoms with van der Waals surface area (Å²) in [5.74, 6) is -0.488. The molecule has 124 valence electrons. The van der Waals surface area contributed by atoms with Crippen LogP contribution in [-0.4, -0.2) is 51.0 Å². The third kappa shape index (κ3) is 3.54. The molecule has 1 fully saturated rings. The molecular weight excluding hydrogens is 306 g/mol. The predicted molar refractivity (Wildman–Crippen MR) is 77.5 cm³/mol. The SMILES string of the molecule is Cn1cnnc1C1CN(CC(O)c2cc(F)ccc2F)CCO1. The lowest BCUT2D eigenvalue weighted by Crippen LogP contribution is -2.41. The first kappa shape index (κ1) is 16.0. The highest BCUT2D eigenvalue weighted by Crippen LogP contribution is 2.24. The molecule has 0 bridgehead atoms. The maximum absolute atomic E-state index is 13.7. The Balaban J connectivity index is 1.68. The predicted octanol–water partition coefficient (Wildman–Crippen LogP) is 1.20. The fourth-order valence-electron chi connectivity index (χ4n) is 2.72. The van der Waals surface area contributed by atoms with E-state index in [0.717, 1.165) is 18.2 Å². The average Bonchev–Trinajstić information content (AvgIpc) is 2.96. The summed E-state index contributed by atoms with van der Waals surface area (Å²) in [6.45, 7) is 1.76. The number of benzene rings is 1. The van der Waals surface area contributed by atoms with Crippen molar-refractivity contribution in [3.8, 4) is 0 Å². The second-order valence-electron chi connectivity index (χ2n) is 5.60. The van der Waals surface area contributed by atoms with Gasteiger partial charge in [-0.1, -0.05) is 0 Å². The minimum Gasteiger partial charge on any atom is -0.387 e. The fraction of sp³-hybridized carbons (Fsp3) is 0.467. The van der Waals surface area contributed by atoms with Gasteiger partial charge in [-0.25, -0.2) is 8.78 Å². The molecule has 0 saturated carbocycles. The van der Waals surface area contributed by atoms with Crippen LogP contribution >= 0.6 is 0 Å². The Morgan fingerprint density at radius 1 is 1.43 bits per heavy atom. The van der Waals surface area contributed by atoms with E-state index in [9.17, 15) is 13.9 Å². The molecule has 1 saturated heterocycles. The largest absolute Gasteiger partial charge is 0.387 e. The molecule has 1 aliphatic heterocycles. The highest BCUT2D eigenvalue weighted by molar-refractivity contribution is 5.21. The Labute approximate surface area is 132 Å². The van der Waals surface area contributed by atoms with E-state index in [-0.39, 0.29) is 18.2 Å². The topological polar surface area (TPSA) is 63.4 Å². The molecule has 3 rings (SSSR count). The number of ether oxygens (including phenoxy) is 1. The molecule has 0 aliphatic carbocycles. The van der Waals surface area contributed by atoms with Gasteiger partial charge in [-0.05, 0) is 18.2 Å². The summed E-state index contributed by atoms with van der Waals surface area (Å²) < 4.78 is 34.4. The molecule has 1 aliphatic rings. The zero-order valence-corrected chi connectivity index (χ0v) is 12.7. The van der Waals surface area contributed by atoms with Gasteiger partial charge in [0.25, 0.3) is 0 Å². The van der Waals surface area contributed by atoms with Crippen LogP contribution in [0.4, 0.5) is 8.78 Å². The van der Waals surface area contributed by atoms with Crippen LogP contribution in [-0.2, 0) is 11.8 Å². The lowest BCUT2D eigenvalue weighted by molar-refractivity contribution is -0.0476. The van der Waals surface area contributed by atoms with Gasteiger partial charge in [0.2, 0.25) is 0 Å². The summed E-state index contributed by atoms with van der Waals surface area (Å²) in [4.78, 5) is 1.94. The number of aliphatic hydroxyl groups excluding tert-OH is 1. The number of aliphatic hydroxyl groups is 1. The number of rotatable bonds is 4. The quantitative estimate of drug-likeness (QED) is 0.916.